The van der Waals surface area contributed by atoms with E-state index in [9.17, 15) is 9.59 Å². The molecule has 2 aliphatic heterocycles. The maximum Gasteiger partial charge on any atom is 0.229 e. The summed E-state index contributed by atoms with van der Waals surface area (Å²) in [6.07, 6.45) is 9.64. The van der Waals surface area contributed by atoms with Crippen LogP contribution in [0.15, 0.2) is 18.5 Å². The van der Waals surface area contributed by atoms with Crippen molar-refractivity contribution in [3.63, 3.8) is 0 Å². The Morgan fingerprint density at radius 3 is 2.17 bits per heavy atom. The molecule has 2 aliphatic rings. The van der Waals surface area contributed by atoms with Crippen molar-refractivity contribution in [2.24, 2.45) is 5.41 Å². The summed E-state index contributed by atoms with van der Waals surface area (Å²) in [7, 11) is 0. The van der Waals surface area contributed by atoms with Gasteiger partial charge in [0.15, 0.2) is 0 Å². The van der Waals surface area contributed by atoms with Crippen LogP contribution < -0.4 is 4.90 Å². The van der Waals surface area contributed by atoms with Crippen molar-refractivity contribution in [2.45, 2.75) is 58.8 Å². The van der Waals surface area contributed by atoms with E-state index in [1.165, 1.54) is 4.90 Å². The lowest BCUT2D eigenvalue weighted by Gasteiger charge is -2.37. The molecule has 0 spiro atoms. The third-order valence-corrected chi connectivity index (χ3v) is 6.21. The van der Waals surface area contributed by atoms with E-state index in [0.29, 0.717) is 19.4 Å². The minimum Gasteiger partial charge on any atom is -0.338 e. The van der Waals surface area contributed by atoms with Crippen molar-refractivity contribution in [3.05, 3.63) is 18.5 Å². The fourth-order valence-electron chi connectivity index (χ4n) is 4.38. The molecule has 0 aromatic carbocycles. The van der Waals surface area contributed by atoms with Crippen LogP contribution in [-0.2, 0) is 9.59 Å². The summed E-state index contributed by atoms with van der Waals surface area (Å²) in [5.41, 5.74) is -0.136. The number of piperidine rings is 1. The highest BCUT2D eigenvalue weighted by atomic mass is 16.2. The van der Waals surface area contributed by atoms with Crippen molar-refractivity contribution < 1.29 is 9.59 Å². The molecule has 3 rings (SSSR count). The molecular formula is C22H35N5O2. The van der Waals surface area contributed by atoms with E-state index in [4.69, 9.17) is 0 Å². The number of amides is 2. The number of hydrogen-bond acceptors (Lipinski definition) is 6. The third-order valence-electron chi connectivity index (χ3n) is 6.21. The predicted molar refractivity (Wildman–Crippen MR) is 114 cm³/mol. The van der Waals surface area contributed by atoms with Gasteiger partial charge in [-0.15, -0.1) is 0 Å². The molecule has 2 amide bonds. The maximum absolute atomic E-state index is 12.5. The van der Waals surface area contributed by atoms with E-state index in [1.54, 1.807) is 12.4 Å². The monoisotopic (exact) mass is 401 g/mol. The van der Waals surface area contributed by atoms with Crippen molar-refractivity contribution in [1.82, 2.24) is 19.8 Å². The van der Waals surface area contributed by atoms with Gasteiger partial charge in [0.2, 0.25) is 17.8 Å². The summed E-state index contributed by atoms with van der Waals surface area (Å²) in [4.78, 5) is 39.9. The third kappa shape index (κ3) is 5.98. The topological polar surface area (TPSA) is 69.6 Å². The minimum absolute atomic E-state index is 0.0244. The molecule has 7 nitrogen and oxygen atoms in total. The molecule has 0 N–H and O–H groups in total. The highest BCUT2D eigenvalue weighted by molar-refractivity contribution is 5.98. The molecule has 1 aromatic rings. The fourth-order valence-corrected chi connectivity index (χ4v) is 4.38. The summed E-state index contributed by atoms with van der Waals surface area (Å²) >= 11 is 0. The number of carbonyl (C=O) groups excluding carboxylic acids is 2. The number of imide groups is 1. The van der Waals surface area contributed by atoms with Crippen LogP contribution in [0.25, 0.3) is 0 Å². The van der Waals surface area contributed by atoms with Gasteiger partial charge in [0.1, 0.15) is 0 Å². The van der Waals surface area contributed by atoms with Gasteiger partial charge < -0.3 is 4.90 Å². The molecule has 2 saturated heterocycles. The molecule has 0 atom stereocenters. The normalized spacial score (nSPS) is 20.3. The molecule has 160 valence electrons. The second-order valence-corrected chi connectivity index (χ2v) is 8.79. The molecule has 0 saturated carbocycles. The zero-order valence-corrected chi connectivity index (χ0v) is 18.0. The number of anilines is 1. The number of unbranched alkanes of at least 4 members (excludes halogenated alkanes) is 2. The maximum atomic E-state index is 12.5. The van der Waals surface area contributed by atoms with Crippen LogP contribution in [0.1, 0.15) is 58.8 Å². The minimum atomic E-state index is -0.136. The Morgan fingerprint density at radius 1 is 0.931 bits per heavy atom. The second-order valence-electron chi connectivity index (χ2n) is 8.79. The molecule has 3 heterocycles. The SMILES string of the molecule is CCCCC1(C)CC(=O)N(CCCCN2CCN(c3ncccn3)CC2)C(=O)C1. The summed E-state index contributed by atoms with van der Waals surface area (Å²) < 4.78 is 0. The van der Waals surface area contributed by atoms with Gasteiger partial charge in [-0.2, -0.15) is 0 Å². The average molecular weight is 402 g/mol. The quantitative estimate of drug-likeness (QED) is 0.468. The standard InChI is InChI=1S/C22H35N5O2/c1-3-4-8-22(2)17-19(28)27(20(29)18-22)12-6-5-11-25-13-15-26(16-14-25)21-23-9-7-10-24-21/h7,9-10H,3-6,8,11-18H2,1-2H3. The second kappa shape index (κ2) is 10.1. The van der Waals surface area contributed by atoms with E-state index in [2.05, 4.69) is 33.6 Å². The number of rotatable bonds is 9. The average Bonchev–Trinajstić information content (AvgIpc) is 2.72. The number of carbonyl (C=O) groups is 2. The van der Waals surface area contributed by atoms with E-state index in [1.807, 2.05) is 6.07 Å². The first kappa shape index (κ1) is 21.7. The van der Waals surface area contributed by atoms with Gasteiger partial charge in [0, 0.05) is 58.0 Å². The van der Waals surface area contributed by atoms with Crippen molar-refractivity contribution in [3.8, 4) is 0 Å². The van der Waals surface area contributed by atoms with Gasteiger partial charge in [-0.05, 0) is 37.3 Å². The van der Waals surface area contributed by atoms with Crippen LogP contribution in [0.5, 0.6) is 0 Å². The number of hydrogen-bond donors (Lipinski definition) is 0. The lowest BCUT2D eigenvalue weighted by molar-refractivity contribution is -0.153. The van der Waals surface area contributed by atoms with Crippen LogP contribution >= 0.6 is 0 Å². The van der Waals surface area contributed by atoms with E-state index in [0.717, 1.165) is 70.8 Å². The molecule has 0 bridgehead atoms. The van der Waals surface area contributed by atoms with Gasteiger partial charge in [0.25, 0.3) is 0 Å². The lowest BCUT2D eigenvalue weighted by Crippen LogP contribution is -2.48. The molecular weight excluding hydrogens is 366 g/mol. The van der Waals surface area contributed by atoms with Gasteiger partial charge in [-0.25, -0.2) is 9.97 Å². The van der Waals surface area contributed by atoms with Gasteiger partial charge in [0.05, 0.1) is 0 Å². The molecule has 0 unspecified atom stereocenters. The Labute approximate surface area is 174 Å². The molecule has 0 radical (unpaired) electrons. The van der Waals surface area contributed by atoms with Crippen LogP contribution in [0.2, 0.25) is 0 Å². The van der Waals surface area contributed by atoms with Crippen LogP contribution in [0.3, 0.4) is 0 Å². The molecule has 7 heteroatoms. The number of piperazine rings is 1. The Hall–Kier alpha value is -2.02. The lowest BCUT2D eigenvalue weighted by atomic mass is 9.75. The molecule has 2 fully saturated rings. The summed E-state index contributed by atoms with van der Waals surface area (Å²) in [6.45, 7) is 9.68. The number of aromatic nitrogens is 2. The first-order valence-electron chi connectivity index (χ1n) is 11.1. The highest BCUT2D eigenvalue weighted by Crippen LogP contribution is 2.37. The smallest absolute Gasteiger partial charge is 0.229 e. The van der Waals surface area contributed by atoms with Gasteiger partial charge >= 0.3 is 0 Å². The Morgan fingerprint density at radius 2 is 1.55 bits per heavy atom. The van der Waals surface area contributed by atoms with E-state index < -0.39 is 0 Å². The van der Waals surface area contributed by atoms with E-state index in [-0.39, 0.29) is 17.2 Å². The summed E-state index contributed by atoms with van der Waals surface area (Å²) in [6, 6.07) is 1.84. The first-order valence-corrected chi connectivity index (χ1v) is 11.1. The highest BCUT2D eigenvalue weighted by Gasteiger charge is 2.39. The van der Waals surface area contributed by atoms with E-state index >= 15 is 0 Å². The van der Waals surface area contributed by atoms with Crippen LogP contribution in [0, 0.1) is 5.41 Å². The summed E-state index contributed by atoms with van der Waals surface area (Å²) in [5, 5.41) is 0. The predicted octanol–water partition coefficient (Wildman–Crippen LogP) is 2.72. The Bertz CT molecular complexity index is 655. The van der Waals surface area contributed by atoms with Gasteiger partial charge in [-0.1, -0.05) is 26.7 Å². The Kier molecular flexibility index (Phi) is 7.58. The first-order chi connectivity index (χ1) is 14.0. The molecule has 29 heavy (non-hydrogen) atoms. The van der Waals surface area contributed by atoms with Crippen LogP contribution in [0.4, 0.5) is 5.95 Å². The zero-order valence-electron chi connectivity index (χ0n) is 18.0. The van der Waals surface area contributed by atoms with Crippen molar-refractivity contribution in [1.29, 1.82) is 0 Å². The fraction of sp³-hybridized carbons (Fsp3) is 0.727. The van der Waals surface area contributed by atoms with Crippen molar-refractivity contribution >= 4 is 17.8 Å². The molecule has 0 aliphatic carbocycles. The van der Waals surface area contributed by atoms with Gasteiger partial charge in [-0.3, -0.25) is 19.4 Å². The largest absolute Gasteiger partial charge is 0.338 e. The van der Waals surface area contributed by atoms with Crippen LogP contribution in [-0.4, -0.2) is 70.9 Å². The van der Waals surface area contributed by atoms with Crippen molar-refractivity contribution in [2.75, 3.05) is 44.2 Å². The Balaban J connectivity index is 1.35. The summed E-state index contributed by atoms with van der Waals surface area (Å²) in [5.74, 6) is 0.855. The number of nitrogens with zero attached hydrogens (tertiary/aromatic N) is 5. The zero-order chi connectivity index (χ0) is 20.7. The number of likely N-dealkylation sites (tertiary alicyclic amines) is 1. The molecule has 1 aromatic heterocycles.